The molecule has 0 aromatic heterocycles. The number of hydrogen-bond acceptors (Lipinski definition) is 5. The summed E-state index contributed by atoms with van der Waals surface area (Å²) in [5, 5.41) is 20.5. The SMILES string of the molecule is CC[C@@H](OC(=O)c1c(C(=O)O)cccc1[N+](=O)[O-])[C@@H](C)c1ccccc1. The average Bonchev–Trinajstić information content (AvgIpc) is 2.65. The molecule has 0 unspecified atom stereocenters. The molecule has 7 nitrogen and oxygen atoms in total. The summed E-state index contributed by atoms with van der Waals surface area (Å²) >= 11 is 0. The van der Waals surface area contributed by atoms with Crippen LogP contribution in [0.2, 0.25) is 0 Å². The Morgan fingerprint density at radius 1 is 1.15 bits per heavy atom. The Morgan fingerprint density at radius 2 is 1.81 bits per heavy atom. The average molecular weight is 357 g/mol. The van der Waals surface area contributed by atoms with Gasteiger partial charge in [0.2, 0.25) is 0 Å². The van der Waals surface area contributed by atoms with Gasteiger partial charge in [0.25, 0.3) is 5.69 Å². The van der Waals surface area contributed by atoms with Crippen molar-refractivity contribution in [2.45, 2.75) is 32.3 Å². The monoisotopic (exact) mass is 357 g/mol. The molecular formula is C19H19NO6. The molecule has 0 amide bonds. The Kier molecular flexibility index (Phi) is 6.06. The molecule has 2 aromatic rings. The van der Waals surface area contributed by atoms with Crippen LogP contribution in [0.3, 0.4) is 0 Å². The van der Waals surface area contributed by atoms with E-state index in [4.69, 9.17) is 4.74 Å². The topological polar surface area (TPSA) is 107 Å². The molecule has 0 aliphatic rings. The molecule has 0 radical (unpaired) electrons. The maximum atomic E-state index is 12.6. The fourth-order valence-electron chi connectivity index (χ4n) is 2.79. The van der Waals surface area contributed by atoms with Crippen molar-refractivity contribution in [2.24, 2.45) is 0 Å². The lowest BCUT2D eigenvalue weighted by atomic mass is 9.93. The van der Waals surface area contributed by atoms with Crippen LogP contribution in [-0.4, -0.2) is 28.1 Å². The molecule has 2 rings (SSSR count). The number of carbonyl (C=O) groups is 2. The third-order valence-corrected chi connectivity index (χ3v) is 4.22. The molecule has 7 heteroatoms. The number of ether oxygens (including phenoxy) is 1. The Balaban J connectivity index is 2.36. The van der Waals surface area contributed by atoms with Crippen molar-refractivity contribution >= 4 is 17.6 Å². The number of carbonyl (C=O) groups excluding carboxylic acids is 1. The van der Waals surface area contributed by atoms with Crippen LogP contribution in [0.1, 0.15) is 52.5 Å². The fraction of sp³-hybridized carbons (Fsp3) is 0.263. The van der Waals surface area contributed by atoms with E-state index in [0.717, 1.165) is 17.7 Å². The van der Waals surface area contributed by atoms with E-state index in [2.05, 4.69) is 0 Å². The van der Waals surface area contributed by atoms with E-state index in [1.165, 1.54) is 6.07 Å². The first kappa shape index (κ1) is 19.1. The van der Waals surface area contributed by atoms with Crippen LogP contribution in [0.25, 0.3) is 0 Å². The lowest BCUT2D eigenvalue weighted by molar-refractivity contribution is -0.385. The molecule has 136 valence electrons. The van der Waals surface area contributed by atoms with E-state index in [9.17, 15) is 24.8 Å². The minimum absolute atomic E-state index is 0.152. The zero-order chi connectivity index (χ0) is 19.3. The molecule has 0 heterocycles. The summed E-state index contributed by atoms with van der Waals surface area (Å²) in [7, 11) is 0. The molecule has 2 atom stereocenters. The summed E-state index contributed by atoms with van der Waals surface area (Å²) in [6.07, 6.45) is -0.0727. The van der Waals surface area contributed by atoms with Crippen molar-refractivity contribution < 1.29 is 24.4 Å². The lowest BCUT2D eigenvalue weighted by Gasteiger charge is -2.23. The molecule has 0 saturated carbocycles. The maximum Gasteiger partial charge on any atom is 0.346 e. The first-order valence-electron chi connectivity index (χ1n) is 8.13. The molecule has 1 N–H and O–H groups in total. The largest absolute Gasteiger partial charge is 0.478 e. The molecule has 2 aromatic carbocycles. The number of benzene rings is 2. The van der Waals surface area contributed by atoms with Gasteiger partial charge in [-0.05, 0) is 18.1 Å². The number of nitro benzene ring substituents is 1. The molecule has 0 fully saturated rings. The quantitative estimate of drug-likeness (QED) is 0.455. The number of carboxylic acid groups (broad SMARTS) is 1. The Labute approximate surface area is 150 Å². The summed E-state index contributed by atoms with van der Waals surface area (Å²) in [6.45, 7) is 3.71. The summed E-state index contributed by atoms with van der Waals surface area (Å²) < 4.78 is 5.48. The van der Waals surface area contributed by atoms with Gasteiger partial charge in [0, 0.05) is 12.0 Å². The normalized spacial score (nSPS) is 12.8. The van der Waals surface area contributed by atoms with Crippen LogP contribution in [-0.2, 0) is 4.74 Å². The van der Waals surface area contributed by atoms with Crippen LogP contribution >= 0.6 is 0 Å². The molecule has 0 saturated heterocycles. The lowest BCUT2D eigenvalue weighted by Crippen LogP contribution is -2.25. The first-order chi connectivity index (χ1) is 12.4. The van der Waals surface area contributed by atoms with Gasteiger partial charge in [0.15, 0.2) is 5.56 Å². The number of nitrogens with zero attached hydrogens (tertiary/aromatic N) is 1. The molecule has 0 aliphatic carbocycles. The highest BCUT2D eigenvalue weighted by atomic mass is 16.6. The Bertz CT molecular complexity index is 786. The molecule has 0 spiro atoms. The molecule has 26 heavy (non-hydrogen) atoms. The first-order valence-corrected chi connectivity index (χ1v) is 8.13. The third kappa shape index (κ3) is 4.05. The third-order valence-electron chi connectivity index (χ3n) is 4.22. The van der Waals surface area contributed by atoms with E-state index in [1.807, 2.05) is 44.2 Å². The zero-order valence-corrected chi connectivity index (χ0v) is 14.4. The predicted molar refractivity (Wildman–Crippen MR) is 94.4 cm³/mol. The van der Waals surface area contributed by atoms with Gasteiger partial charge in [-0.3, -0.25) is 10.1 Å². The van der Waals surface area contributed by atoms with Crippen LogP contribution in [0.5, 0.6) is 0 Å². The number of hydrogen-bond donors (Lipinski definition) is 1. The zero-order valence-electron chi connectivity index (χ0n) is 14.4. The van der Waals surface area contributed by atoms with Crippen molar-refractivity contribution in [3.05, 3.63) is 75.3 Å². The van der Waals surface area contributed by atoms with Gasteiger partial charge in [-0.1, -0.05) is 50.2 Å². The summed E-state index contributed by atoms with van der Waals surface area (Å²) in [5.41, 5.74) is -0.625. The van der Waals surface area contributed by atoms with E-state index in [0.29, 0.717) is 6.42 Å². The number of aromatic carboxylic acids is 1. The van der Waals surface area contributed by atoms with E-state index >= 15 is 0 Å². The minimum Gasteiger partial charge on any atom is -0.478 e. The summed E-state index contributed by atoms with van der Waals surface area (Å²) in [6, 6.07) is 12.9. The Morgan fingerprint density at radius 3 is 2.35 bits per heavy atom. The number of nitro groups is 1. The number of esters is 1. The van der Waals surface area contributed by atoms with Crippen LogP contribution in [0.15, 0.2) is 48.5 Å². The van der Waals surface area contributed by atoms with Gasteiger partial charge in [-0.25, -0.2) is 9.59 Å². The van der Waals surface area contributed by atoms with Crippen LogP contribution in [0.4, 0.5) is 5.69 Å². The van der Waals surface area contributed by atoms with Crippen LogP contribution < -0.4 is 0 Å². The Hall–Kier alpha value is -3.22. The highest BCUT2D eigenvalue weighted by molar-refractivity contribution is 6.05. The summed E-state index contributed by atoms with van der Waals surface area (Å²) in [4.78, 5) is 34.4. The highest BCUT2D eigenvalue weighted by Gasteiger charge is 2.31. The van der Waals surface area contributed by atoms with Gasteiger partial charge in [0.05, 0.1) is 10.5 Å². The fourth-order valence-corrected chi connectivity index (χ4v) is 2.79. The molecular weight excluding hydrogens is 338 g/mol. The van der Waals surface area contributed by atoms with Crippen molar-refractivity contribution in [3.8, 4) is 0 Å². The second-order valence-electron chi connectivity index (χ2n) is 5.81. The molecule has 0 bridgehead atoms. The van der Waals surface area contributed by atoms with Crippen molar-refractivity contribution in [3.63, 3.8) is 0 Å². The maximum absolute atomic E-state index is 12.6. The van der Waals surface area contributed by atoms with E-state index in [-0.39, 0.29) is 5.92 Å². The van der Waals surface area contributed by atoms with E-state index < -0.39 is 39.8 Å². The second kappa shape index (κ2) is 8.24. The number of rotatable bonds is 7. The van der Waals surface area contributed by atoms with Gasteiger partial charge in [0.1, 0.15) is 6.10 Å². The minimum atomic E-state index is -1.43. The van der Waals surface area contributed by atoms with Crippen LogP contribution in [0, 0.1) is 10.1 Å². The molecule has 0 aliphatic heterocycles. The van der Waals surface area contributed by atoms with Gasteiger partial charge in [-0.15, -0.1) is 0 Å². The number of carboxylic acids is 1. The van der Waals surface area contributed by atoms with Gasteiger partial charge in [-0.2, -0.15) is 0 Å². The van der Waals surface area contributed by atoms with Crippen molar-refractivity contribution in [1.29, 1.82) is 0 Å². The van der Waals surface area contributed by atoms with Gasteiger partial charge < -0.3 is 9.84 Å². The second-order valence-corrected chi connectivity index (χ2v) is 5.81. The standard InChI is InChI=1S/C19H19NO6/c1-3-16(12(2)13-8-5-4-6-9-13)26-19(23)17-14(18(21)22)10-7-11-15(17)20(24)25/h4-12,16H,3H2,1-2H3,(H,21,22)/t12-,16+/m0/s1. The van der Waals surface area contributed by atoms with Crippen molar-refractivity contribution in [1.82, 2.24) is 0 Å². The van der Waals surface area contributed by atoms with Crippen molar-refractivity contribution in [2.75, 3.05) is 0 Å². The summed E-state index contributed by atoms with van der Waals surface area (Å²) in [5.74, 6) is -2.59. The highest BCUT2D eigenvalue weighted by Crippen LogP contribution is 2.28. The predicted octanol–water partition coefficient (Wildman–Crippen LogP) is 4.03. The smallest absolute Gasteiger partial charge is 0.346 e. The van der Waals surface area contributed by atoms with Gasteiger partial charge >= 0.3 is 11.9 Å². The van der Waals surface area contributed by atoms with E-state index in [1.54, 1.807) is 0 Å².